The molecule has 1 aromatic rings. The van der Waals surface area contributed by atoms with Gasteiger partial charge in [0.05, 0.1) is 6.24 Å². The van der Waals surface area contributed by atoms with Gasteiger partial charge in [0.1, 0.15) is 7.13 Å². The molecule has 1 aromatic heterocycles. The molecule has 0 aromatic carbocycles. The third kappa shape index (κ3) is 0.432. The minimum absolute atomic E-state index is 0.234. The Morgan fingerprint density at radius 1 is 2.00 bits per heavy atom. The van der Waals surface area contributed by atoms with Crippen molar-refractivity contribution < 1.29 is 5.79 Å². The van der Waals surface area contributed by atoms with Crippen molar-refractivity contribution in [3.63, 3.8) is 0 Å². The van der Waals surface area contributed by atoms with Crippen LogP contribution in [0.2, 0.25) is 0 Å². The van der Waals surface area contributed by atoms with Crippen LogP contribution in [0.5, 0.6) is 0 Å². The normalized spacial score (nSPS) is 11.2. The van der Waals surface area contributed by atoms with Crippen molar-refractivity contribution in [2.75, 3.05) is 0 Å². The van der Waals surface area contributed by atoms with Crippen LogP contribution in [0, 0.1) is 6.92 Å². The summed E-state index contributed by atoms with van der Waals surface area (Å²) in [6.45, 7) is 1.82. The van der Waals surface area contributed by atoms with E-state index in [0.29, 0.717) is 0 Å². The molecule has 0 N–H and O–H groups in total. The number of furan rings is 1. The van der Waals surface area contributed by atoms with Crippen LogP contribution in [0.3, 0.4) is 0 Å². The fourth-order valence-corrected chi connectivity index (χ4v) is 0.312. The lowest BCUT2D eigenvalue weighted by Crippen LogP contribution is -1.48. The summed E-state index contributed by atoms with van der Waals surface area (Å²) >= 11 is 0. The maximum Gasteiger partial charge on any atom is 0.104 e. The van der Waals surface area contributed by atoms with E-state index in [1.165, 1.54) is 0 Å². The lowest BCUT2D eigenvalue weighted by Gasteiger charge is -1.69. The highest BCUT2D eigenvalue weighted by molar-refractivity contribution is 4.93. The zero-order chi connectivity index (χ0) is 5.28. The minimum atomic E-state index is 0.234. The fourth-order valence-electron chi connectivity index (χ4n) is 0.312. The second-order valence-electron chi connectivity index (χ2n) is 1.16. The fraction of sp³-hybridized carbons (Fsp3) is 0.200. The summed E-state index contributed by atoms with van der Waals surface area (Å²) in [5.41, 5.74) is 0. The monoisotopic (exact) mass is 83.0 g/mol. The quantitative estimate of drug-likeness (QED) is 0.464. The van der Waals surface area contributed by atoms with Gasteiger partial charge in [0.25, 0.3) is 0 Å². The van der Waals surface area contributed by atoms with Gasteiger partial charge >= 0.3 is 0 Å². The Morgan fingerprint density at radius 2 is 2.83 bits per heavy atom. The van der Waals surface area contributed by atoms with Crippen molar-refractivity contribution in [1.29, 1.82) is 0 Å². The minimum Gasteiger partial charge on any atom is -0.470 e. The number of aryl methyl sites for hydroxylation is 1. The molecule has 0 saturated heterocycles. The second-order valence-corrected chi connectivity index (χ2v) is 1.16. The summed E-state index contributed by atoms with van der Waals surface area (Å²) in [6, 6.07) is 3.39. The molecule has 0 unspecified atom stereocenters. The van der Waals surface area contributed by atoms with E-state index in [-0.39, 0.29) is 6.24 Å². The van der Waals surface area contributed by atoms with E-state index in [1.54, 1.807) is 12.1 Å². The third-order valence-electron chi connectivity index (χ3n) is 0.606. The highest BCUT2D eigenvalue weighted by atomic mass is 16.3. The average Bonchev–Trinajstić information content (AvgIpc) is 1.87. The van der Waals surface area contributed by atoms with Crippen LogP contribution >= 0.6 is 0 Å². The molecule has 0 saturated carbocycles. The molecule has 0 fully saturated rings. The van der Waals surface area contributed by atoms with Crippen molar-refractivity contribution in [1.82, 2.24) is 0 Å². The van der Waals surface area contributed by atoms with Gasteiger partial charge in [-0.25, -0.2) is 0 Å². The van der Waals surface area contributed by atoms with E-state index >= 15 is 0 Å². The van der Waals surface area contributed by atoms with Gasteiger partial charge in [-0.05, 0) is 19.1 Å². The first-order valence-corrected chi connectivity index (χ1v) is 1.82. The van der Waals surface area contributed by atoms with Gasteiger partial charge in [0.2, 0.25) is 0 Å². The molecule has 1 rings (SSSR count). The van der Waals surface area contributed by atoms with Crippen molar-refractivity contribution >= 4 is 0 Å². The molecule has 0 aliphatic carbocycles. The molecule has 0 bridgehead atoms. The van der Waals surface area contributed by atoms with Gasteiger partial charge in [-0.1, -0.05) is 0 Å². The molecule has 0 aliphatic rings. The summed E-state index contributed by atoms with van der Waals surface area (Å²) in [5.74, 6) is 0.796. The van der Waals surface area contributed by atoms with Gasteiger partial charge in [-0.3, -0.25) is 0 Å². The Bertz CT molecular complexity index is 140. The first kappa shape index (κ1) is 2.45. The molecule has 0 aliphatic heterocycles. The van der Waals surface area contributed by atoms with Crippen LogP contribution in [0.15, 0.2) is 22.8 Å². The Kier molecular flexibility index (Phi) is 0.477. The number of hydrogen-bond acceptors (Lipinski definition) is 1. The summed E-state index contributed by atoms with van der Waals surface area (Å²) in [7, 11) is 0. The van der Waals surface area contributed by atoms with Crippen molar-refractivity contribution in [3.05, 3.63) is 24.1 Å². The summed E-state index contributed by atoms with van der Waals surface area (Å²) in [4.78, 5) is 0. The maximum atomic E-state index is 6.85. The third-order valence-corrected chi connectivity index (χ3v) is 0.606. The van der Waals surface area contributed by atoms with Gasteiger partial charge in [0.15, 0.2) is 0 Å². The molecular weight excluding hydrogens is 76.1 g/mol. The number of rotatable bonds is 0. The average molecular weight is 83.1 g/mol. The first-order chi connectivity index (χ1) is 3.29. The van der Waals surface area contributed by atoms with Gasteiger partial charge in [-0.2, -0.15) is 0 Å². The van der Waals surface area contributed by atoms with E-state index in [9.17, 15) is 0 Å². The zero-order valence-electron chi connectivity index (χ0n) is 4.56. The van der Waals surface area contributed by atoms with E-state index in [2.05, 4.69) is 0 Å². The second kappa shape index (κ2) is 1.17. The predicted octanol–water partition coefficient (Wildman–Crippen LogP) is 1.59. The van der Waals surface area contributed by atoms with Crippen LogP contribution < -0.4 is 0 Å². The van der Waals surface area contributed by atoms with Crippen LogP contribution in [0.1, 0.15) is 7.13 Å². The predicted molar refractivity (Wildman–Crippen MR) is 23.4 cm³/mol. The summed E-state index contributed by atoms with van der Waals surface area (Å²) < 4.78 is 11.6. The molecule has 0 spiro atoms. The molecule has 32 valence electrons. The van der Waals surface area contributed by atoms with Crippen LogP contribution in [0.4, 0.5) is 0 Å². The summed E-state index contributed by atoms with van der Waals surface area (Å²) in [6.07, 6.45) is 0.234. The lowest BCUT2D eigenvalue weighted by atomic mass is 10.5. The molecule has 6 heavy (non-hydrogen) atoms. The molecule has 1 heterocycles. The van der Waals surface area contributed by atoms with E-state index < -0.39 is 0 Å². The molecule has 0 radical (unpaired) electrons. The molecular formula is C5H6O. The van der Waals surface area contributed by atoms with Crippen molar-refractivity contribution in [2.45, 2.75) is 6.92 Å². The first-order valence-electron chi connectivity index (χ1n) is 2.32. The smallest absolute Gasteiger partial charge is 0.104 e. The lowest BCUT2D eigenvalue weighted by molar-refractivity contribution is 0.534. The highest BCUT2D eigenvalue weighted by Gasteiger charge is 1.75. The Hall–Kier alpha value is -0.720. The van der Waals surface area contributed by atoms with Crippen LogP contribution in [-0.2, 0) is 0 Å². The maximum absolute atomic E-state index is 6.85. The van der Waals surface area contributed by atoms with E-state index in [4.69, 9.17) is 5.79 Å². The summed E-state index contributed by atoms with van der Waals surface area (Å²) in [5, 5.41) is 0. The van der Waals surface area contributed by atoms with Crippen molar-refractivity contribution in [2.24, 2.45) is 0 Å². The Balaban J connectivity index is 3.04. The van der Waals surface area contributed by atoms with Crippen LogP contribution in [0.25, 0.3) is 0 Å². The van der Waals surface area contributed by atoms with Gasteiger partial charge < -0.3 is 4.42 Å². The van der Waals surface area contributed by atoms with Gasteiger partial charge in [0, 0.05) is 0 Å². The largest absolute Gasteiger partial charge is 0.470 e. The zero-order valence-corrected chi connectivity index (χ0v) is 3.56. The van der Waals surface area contributed by atoms with E-state index in [1.807, 2.05) is 6.92 Å². The van der Waals surface area contributed by atoms with Crippen molar-refractivity contribution in [3.8, 4) is 0 Å². The Labute approximate surface area is 38.0 Å². The van der Waals surface area contributed by atoms with Gasteiger partial charge in [-0.15, -0.1) is 0 Å². The molecule has 1 nitrogen and oxygen atoms in total. The SMILES string of the molecule is [2H]c1ccc(C)o1. The number of hydrogen-bond donors (Lipinski definition) is 0. The Morgan fingerprint density at radius 3 is 3.00 bits per heavy atom. The highest BCUT2D eigenvalue weighted by Crippen LogP contribution is 1.93. The molecule has 0 amide bonds. The van der Waals surface area contributed by atoms with E-state index in [0.717, 1.165) is 5.76 Å². The molecule has 0 atom stereocenters. The standard InChI is InChI=1S/C5H6O/c1-5-3-2-4-6-5/h2-4H,1H3/i4D. The molecule has 1 heteroatoms. The topological polar surface area (TPSA) is 13.1 Å². The van der Waals surface area contributed by atoms with Crippen LogP contribution in [-0.4, -0.2) is 0 Å².